The largest absolute Gasteiger partial charge is 0.449 e. The van der Waals surface area contributed by atoms with E-state index in [1.165, 1.54) is 24.2 Å². The number of hydrogen-bond acceptors (Lipinski definition) is 4. The van der Waals surface area contributed by atoms with Gasteiger partial charge in [0.05, 0.1) is 13.2 Å². The summed E-state index contributed by atoms with van der Waals surface area (Å²) in [6, 6.07) is 0. The van der Waals surface area contributed by atoms with Crippen molar-refractivity contribution in [2.45, 2.75) is 38.6 Å². The van der Waals surface area contributed by atoms with Crippen LogP contribution in [0.5, 0.6) is 0 Å². The molecule has 106 valence electrons. The summed E-state index contributed by atoms with van der Waals surface area (Å²) in [7, 11) is 1.62. The molecule has 2 N–H and O–H groups in total. The van der Waals surface area contributed by atoms with E-state index in [9.17, 15) is 9.59 Å². The Hall–Kier alpha value is -1.79. The Balaban J connectivity index is 1.74. The monoisotopic (exact) mass is 268 g/mol. The molecular weight excluding hydrogens is 248 g/mol. The highest BCUT2D eigenvalue weighted by Gasteiger charge is 2.18. The molecule has 0 atom stereocenters. The van der Waals surface area contributed by atoms with E-state index in [0.29, 0.717) is 18.3 Å². The van der Waals surface area contributed by atoms with Gasteiger partial charge in [-0.05, 0) is 18.8 Å². The summed E-state index contributed by atoms with van der Waals surface area (Å²) in [6.07, 6.45) is 5.65. The molecule has 0 unspecified atom stereocenters. The van der Waals surface area contributed by atoms with Gasteiger partial charge in [0.1, 0.15) is 0 Å². The van der Waals surface area contributed by atoms with E-state index in [2.05, 4.69) is 15.2 Å². The summed E-state index contributed by atoms with van der Waals surface area (Å²) in [5.74, 6) is 0.915. The van der Waals surface area contributed by atoms with Gasteiger partial charge in [0.25, 0.3) is 0 Å². The smallest absolute Gasteiger partial charge is 0.409 e. The van der Waals surface area contributed by atoms with Crippen LogP contribution in [0, 0.1) is 5.92 Å². The minimum atomic E-state index is -0.380. The van der Waals surface area contributed by atoms with Gasteiger partial charge in [0.15, 0.2) is 5.82 Å². The molecule has 19 heavy (non-hydrogen) atoms. The highest BCUT2D eigenvalue weighted by molar-refractivity contribution is 5.67. The molecular formula is C12H20N4O3. The van der Waals surface area contributed by atoms with Crippen molar-refractivity contribution in [3.63, 3.8) is 0 Å². The Kier molecular flexibility index (Phi) is 4.59. The topological polar surface area (TPSA) is 91.1 Å². The van der Waals surface area contributed by atoms with Crippen LogP contribution in [-0.4, -0.2) is 39.8 Å². The van der Waals surface area contributed by atoms with Crippen LogP contribution in [0.4, 0.5) is 4.79 Å². The first-order valence-corrected chi connectivity index (χ1v) is 6.66. The van der Waals surface area contributed by atoms with Crippen LogP contribution in [0.15, 0.2) is 4.79 Å². The van der Waals surface area contributed by atoms with E-state index in [1.807, 2.05) is 0 Å². The van der Waals surface area contributed by atoms with Gasteiger partial charge in [0, 0.05) is 7.05 Å². The fraction of sp³-hybridized carbons (Fsp3) is 0.750. The molecule has 1 aromatic heterocycles. The maximum atomic E-state index is 11.8. The van der Waals surface area contributed by atoms with E-state index in [4.69, 9.17) is 4.74 Å². The Labute approximate surface area is 111 Å². The van der Waals surface area contributed by atoms with E-state index >= 15 is 0 Å². The molecule has 1 fully saturated rings. The maximum Gasteiger partial charge on any atom is 0.409 e. The molecule has 1 aliphatic rings. The van der Waals surface area contributed by atoms with Crippen molar-refractivity contribution in [3.05, 3.63) is 16.3 Å². The van der Waals surface area contributed by atoms with Gasteiger partial charge in [-0.25, -0.2) is 14.7 Å². The molecule has 1 amide bonds. The summed E-state index contributed by atoms with van der Waals surface area (Å²) < 4.78 is 5.28. The normalized spacial score (nSPS) is 16.3. The van der Waals surface area contributed by atoms with Crippen LogP contribution in [0.3, 0.4) is 0 Å². The number of carbonyl (C=O) groups is 1. The number of aromatic amines is 2. The zero-order valence-electron chi connectivity index (χ0n) is 11.1. The lowest BCUT2D eigenvalue weighted by Gasteiger charge is -2.22. The van der Waals surface area contributed by atoms with Crippen molar-refractivity contribution in [1.82, 2.24) is 20.1 Å². The van der Waals surface area contributed by atoms with E-state index in [-0.39, 0.29) is 18.3 Å². The predicted molar refractivity (Wildman–Crippen MR) is 68.6 cm³/mol. The van der Waals surface area contributed by atoms with Crippen LogP contribution in [0.2, 0.25) is 0 Å². The molecule has 1 heterocycles. The molecule has 1 aliphatic carbocycles. The Morgan fingerprint density at radius 1 is 1.42 bits per heavy atom. The highest BCUT2D eigenvalue weighted by Crippen LogP contribution is 2.23. The minimum absolute atomic E-state index is 0.224. The number of amides is 1. The average molecular weight is 268 g/mol. The molecule has 0 radical (unpaired) electrons. The Morgan fingerprint density at radius 3 is 2.79 bits per heavy atom. The van der Waals surface area contributed by atoms with Gasteiger partial charge in [-0.1, -0.05) is 19.3 Å². The molecule has 0 aromatic carbocycles. The van der Waals surface area contributed by atoms with Gasteiger partial charge >= 0.3 is 11.8 Å². The number of hydrogen-bond donors (Lipinski definition) is 2. The van der Waals surface area contributed by atoms with Crippen LogP contribution in [-0.2, 0) is 11.3 Å². The van der Waals surface area contributed by atoms with Crippen molar-refractivity contribution in [2.75, 3.05) is 13.7 Å². The lowest BCUT2D eigenvalue weighted by Crippen LogP contribution is -2.29. The minimum Gasteiger partial charge on any atom is -0.449 e. The molecule has 0 aliphatic heterocycles. The van der Waals surface area contributed by atoms with Gasteiger partial charge < -0.3 is 9.64 Å². The van der Waals surface area contributed by atoms with Crippen molar-refractivity contribution in [1.29, 1.82) is 0 Å². The molecule has 1 saturated carbocycles. The molecule has 2 rings (SSSR count). The van der Waals surface area contributed by atoms with Crippen LogP contribution in [0.25, 0.3) is 0 Å². The van der Waals surface area contributed by atoms with Gasteiger partial charge in [-0.2, -0.15) is 5.10 Å². The number of aromatic nitrogens is 3. The number of ether oxygens (including phenoxy) is 1. The van der Waals surface area contributed by atoms with Gasteiger partial charge in [0.2, 0.25) is 0 Å². The standard InChI is InChI=1S/C12H20N4O3/c1-16(7-10-13-11(17)15-14-10)12(18)19-8-9-5-3-2-4-6-9/h9H,2-8H2,1H3,(H2,13,14,15,17). The second-order valence-corrected chi connectivity index (χ2v) is 5.06. The SMILES string of the molecule is CN(Cc1n[nH]c(=O)[nH]1)C(=O)OCC1CCCCC1. The first kappa shape index (κ1) is 13.6. The van der Waals surface area contributed by atoms with Crippen molar-refractivity contribution in [2.24, 2.45) is 5.92 Å². The molecule has 0 spiro atoms. The quantitative estimate of drug-likeness (QED) is 0.859. The summed E-state index contributed by atoms with van der Waals surface area (Å²) in [5.41, 5.74) is -0.376. The Morgan fingerprint density at radius 2 is 2.16 bits per heavy atom. The third-order valence-corrected chi connectivity index (χ3v) is 3.42. The van der Waals surface area contributed by atoms with E-state index in [1.54, 1.807) is 7.05 Å². The van der Waals surface area contributed by atoms with Gasteiger partial charge in [-0.15, -0.1) is 0 Å². The molecule has 0 saturated heterocycles. The molecule has 0 bridgehead atoms. The molecule has 1 aromatic rings. The number of nitrogens with one attached hydrogen (secondary N) is 2. The summed E-state index contributed by atoms with van der Waals surface area (Å²) >= 11 is 0. The fourth-order valence-corrected chi connectivity index (χ4v) is 2.32. The highest BCUT2D eigenvalue weighted by atomic mass is 16.6. The fourth-order valence-electron chi connectivity index (χ4n) is 2.32. The number of carbonyl (C=O) groups excluding carboxylic acids is 1. The van der Waals surface area contributed by atoms with E-state index in [0.717, 1.165) is 12.8 Å². The maximum absolute atomic E-state index is 11.8. The first-order valence-electron chi connectivity index (χ1n) is 6.66. The third-order valence-electron chi connectivity index (χ3n) is 3.42. The average Bonchev–Trinajstić information content (AvgIpc) is 2.82. The molecule has 7 heteroatoms. The number of rotatable bonds is 4. The zero-order valence-corrected chi connectivity index (χ0v) is 11.1. The molecule has 7 nitrogen and oxygen atoms in total. The second kappa shape index (κ2) is 6.40. The van der Waals surface area contributed by atoms with Crippen LogP contribution >= 0.6 is 0 Å². The summed E-state index contributed by atoms with van der Waals surface area (Å²) in [6.45, 7) is 0.711. The van der Waals surface area contributed by atoms with E-state index < -0.39 is 0 Å². The lowest BCUT2D eigenvalue weighted by atomic mass is 9.90. The summed E-state index contributed by atoms with van der Waals surface area (Å²) in [5, 5.41) is 6.00. The third kappa shape index (κ3) is 4.11. The van der Waals surface area contributed by atoms with Gasteiger partial charge in [-0.3, -0.25) is 4.98 Å². The Bertz CT molecular complexity index is 462. The lowest BCUT2D eigenvalue weighted by molar-refractivity contribution is 0.0849. The van der Waals surface area contributed by atoms with Crippen LogP contribution in [0.1, 0.15) is 37.9 Å². The number of H-pyrrole nitrogens is 2. The van der Waals surface area contributed by atoms with Crippen LogP contribution < -0.4 is 5.69 Å². The number of nitrogens with zero attached hydrogens (tertiary/aromatic N) is 2. The zero-order chi connectivity index (χ0) is 13.7. The van der Waals surface area contributed by atoms with Crippen molar-refractivity contribution in [3.8, 4) is 0 Å². The van der Waals surface area contributed by atoms with Crippen molar-refractivity contribution < 1.29 is 9.53 Å². The predicted octanol–water partition coefficient (Wildman–Crippen LogP) is 1.25. The summed E-state index contributed by atoms with van der Waals surface area (Å²) in [4.78, 5) is 26.5. The second-order valence-electron chi connectivity index (χ2n) is 5.06. The first-order chi connectivity index (χ1) is 9.15. The van der Waals surface area contributed by atoms with Crippen molar-refractivity contribution >= 4 is 6.09 Å².